The van der Waals surface area contributed by atoms with Crippen LogP contribution in [-0.2, 0) is 6.18 Å². The Hall–Kier alpha value is -11.9. The molecule has 0 unspecified atom stereocenters. The van der Waals surface area contributed by atoms with Crippen molar-refractivity contribution in [3.8, 4) is 63.2 Å². The summed E-state index contributed by atoms with van der Waals surface area (Å²) in [6.45, 7) is 8.16. The predicted octanol–water partition coefficient (Wildman–Crippen LogP) is 21.0. The number of hydrogen-bond acceptors (Lipinski definition) is 3. The van der Waals surface area contributed by atoms with Crippen LogP contribution in [0.25, 0.3) is 132 Å². The number of para-hydroxylation sites is 4. The smallest absolute Gasteiger partial charge is 0.307 e. The Balaban J connectivity index is 0.000000150. The maximum absolute atomic E-state index is 15.6. The molecule has 90 heavy (non-hydrogen) atoms. The van der Waals surface area contributed by atoms with Crippen LogP contribution in [0.3, 0.4) is 0 Å². The van der Waals surface area contributed by atoms with Gasteiger partial charge >= 0.3 is 6.18 Å². The van der Waals surface area contributed by atoms with Crippen LogP contribution in [0.2, 0.25) is 0 Å². The largest absolute Gasteiger partial charge is 0.418 e. The summed E-state index contributed by atoms with van der Waals surface area (Å²) in [5.74, 6) is 0. The van der Waals surface area contributed by atoms with Gasteiger partial charge in [-0.15, -0.1) is 0 Å². The number of rotatable bonds is 6. The Labute approximate surface area is 516 Å². The van der Waals surface area contributed by atoms with Gasteiger partial charge in [0.05, 0.1) is 101 Å². The number of benzene rings is 12. The van der Waals surface area contributed by atoms with Crippen molar-refractivity contribution in [2.75, 3.05) is 0 Å². The summed E-state index contributed by atoms with van der Waals surface area (Å²) in [6, 6.07) is 86.0. The van der Waals surface area contributed by atoms with E-state index in [-0.39, 0.29) is 5.69 Å². The lowest BCUT2D eigenvalue weighted by Crippen LogP contribution is -2.15. The van der Waals surface area contributed by atoms with Gasteiger partial charge in [-0.3, -0.25) is 0 Å². The minimum atomic E-state index is -4.71. The third-order valence-electron chi connectivity index (χ3n) is 17.5. The Bertz CT molecular complexity index is 5830. The first-order chi connectivity index (χ1) is 43.8. The van der Waals surface area contributed by atoms with Crippen LogP contribution in [0, 0.1) is 61.7 Å². The number of fused-ring (bicyclic) bond motifs is 12. The van der Waals surface area contributed by atoms with E-state index in [1.165, 1.54) is 6.07 Å². The topological polar surface area (TPSA) is 91.1 Å². The molecule has 16 aromatic rings. The summed E-state index contributed by atoms with van der Waals surface area (Å²) in [7, 11) is 0. The van der Waals surface area contributed by atoms with Crippen LogP contribution in [0.4, 0.5) is 13.2 Å². The van der Waals surface area contributed by atoms with Crippen LogP contribution < -0.4 is 0 Å². The molecular weight excluding hydrogens is 1120 g/mol. The van der Waals surface area contributed by atoms with E-state index in [2.05, 4.69) is 132 Å². The fourth-order valence-electron chi connectivity index (χ4n) is 13.5. The number of alkyl halides is 3. The monoisotopic (exact) mass is 1170 g/mol. The molecule has 0 aliphatic rings. The Kier molecular flexibility index (Phi) is 12.9. The molecule has 10 heteroatoms. The van der Waals surface area contributed by atoms with Crippen molar-refractivity contribution < 1.29 is 13.2 Å². The molecule has 12 aromatic carbocycles. The van der Waals surface area contributed by atoms with E-state index >= 15 is 13.2 Å². The summed E-state index contributed by atoms with van der Waals surface area (Å²) in [4.78, 5) is 0. The van der Waals surface area contributed by atoms with Crippen molar-refractivity contribution in [2.24, 2.45) is 0 Å². The van der Waals surface area contributed by atoms with Gasteiger partial charge in [-0.1, -0.05) is 146 Å². The van der Waals surface area contributed by atoms with Gasteiger partial charge in [-0.05, 0) is 169 Å². The van der Waals surface area contributed by atoms with Gasteiger partial charge in [0.1, 0.15) is 6.07 Å². The molecule has 0 saturated carbocycles. The van der Waals surface area contributed by atoms with Crippen molar-refractivity contribution in [3.63, 3.8) is 0 Å². The van der Waals surface area contributed by atoms with E-state index in [4.69, 9.17) is 0 Å². The van der Waals surface area contributed by atoms with E-state index < -0.39 is 11.7 Å². The first kappa shape index (κ1) is 54.7. The molecule has 428 valence electrons. The highest BCUT2D eigenvalue weighted by atomic mass is 19.4. The van der Waals surface area contributed by atoms with Crippen molar-refractivity contribution in [2.45, 2.75) is 33.9 Å². The van der Waals surface area contributed by atoms with Crippen molar-refractivity contribution in [3.05, 3.63) is 287 Å². The molecule has 4 heterocycles. The van der Waals surface area contributed by atoms with Gasteiger partial charge in [-0.25, -0.2) is 0 Å². The van der Waals surface area contributed by atoms with Crippen LogP contribution in [0.1, 0.15) is 44.5 Å². The number of nitrogens with zero attached hydrogens (tertiary/aromatic N) is 7. The van der Waals surface area contributed by atoms with Gasteiger partial charge < -0.3 is 18.3 Å². The molecule has 0 aliphatic carbocycles. The lowest BCUT2D eigenvalue weighted by atomic mass is 9.98. The first-order valence-corrected chi connectivity index (χ1v) is 29.6. The quantitative estimate of drug-likeness (QED) is 0.166. The zero-order valence-corrected chi connectivity index (χ0v) is 49.4. The number of aryl methyl sites for hydroxylation is 4. The fourth-order valence-corrected chi connectivity index (χ4v) is 13.5. The highest BCUT2D eigenvalue weighted by Gasteiger charge is 2.38. The number of aromatic nitrogens is 4. The minimum absolute atomic E-state index is 0.0497. The molecule has 16 rings (SSSR count). The summed E-state index contributed by atoms with van der Waals surface area (Å²) in [5.41, 5.74) is 17.1. The molecule has 4 aromatic heterocycles. The zero-order valence-electron chi connectivity index (χ0n) is 49.4. The fraction of sp³-hybridized carbons (Fsp3) is 0.0625. The van der Waals surface area contributed by atoms with Gasteiger partial charge in [0.25, 0.3) is 0 Å². The van der Waals surface area contributed by atoms with E-state index in [0.717, 1.165) is 121 Å². The highest BCUT2D eigenvalue weighted by Crippen LogP contribution is 2.47. The summed E-state index contributed by atoms with van der Waals surface area (Å²) in [5, 5.41) is 38.4. The zero-order chi connectivity index (χ0) is 61.7. The lowest BCUT2D eigenvalue weighted by molar-refractivity contribution is -0.137. The molecule has 0 atom stereocenters. The van der Waals surface area contributed by atoms with Crippen molar-refractivity contribution in [1.82, 2.24) is 18.3 Å². The standard InChI is InChI=1S/C40H26F3N3.C40H26N4/c1-24-14-16-31-29-10-3-5-12-34(29)45(36(31)18-24)38-22-28(27-9-7-8-26(20-27)23-44)21-33(40(41,42)43)39(38)46-35-13-6-4-11-30(35)32-17-15-25(2)19-37(32)46;1-25-14-16-33-31-10-3-5-12-35(31)43(37(33)18-25)39-22-29(28-9-7-8-27(20-28)23-41)21-30(24-42)40(39)44-36-13-6-4-11-32(36)34-17-15-26(2)19-38(34)44/h3-22H,1-2H3;3-22H,1-2H3. The second-order valence-electron chi connectivity index (χ2n) is 23.3. The minimum Gasteiger partial charge on any atom is -0.307 e. The summed E-state index contributed by atoms with van der Waals surface area (Å²) >= 11 is 0. The number of nitriles is 3. The average molecular weight is 1170 g/mol. The van der Waals surface area contributed by atoms with Crippen LogP contribution in [0.15, 0.2) is 243 Å². The number of halogens is 3. The van der Waals surface area contributed by atoms with Gasteiger partial charge in [0, 0.05) is 43.1 Å². The third-order valence-corrected chi connectivity index (χ3v) is 17.5. The molecule has 0 bridgehead atoms. The lowest BCUT2D eigenvalue weighted by Gasteiger charge is -2.23. The Morgan fingerprint density at radius 3 is 1.00 bits per heavy atom. The molecule has 0 amide bonds. The third kappa shape index (κ3) is 8.86. The van der Waals surface area contributed by atoms with E-state index in [1.807, 2.05) is 134 Å². The van der Waals surface area contributed by atoms with E-state index in [1.54, 1.807) is 34.9 Å². The van der Waals surface area contributed by atoms with Gasteiger partial charge in [0.15, 0.2) is 0 Å². The molecule has 0 fully saturated rings. The normalized spacial score (nSPS) is 11.7. The first-order valence-electron chi connectivity index (χ1n) is 29.6. The average Bonchev–Trinajstić information content (AvgIpc) is 1.53. The second kappa shape index (κ2) is 21.2. The van der Waals surface area contributed by atoms with E-state index in [9.17, 15) is 15.8 Å². The molecule has 7 nitrogen and oxygen atoms in total. The maximum atomic E-state index is 15.6. The summed E-state index contributed by atoms with van der Waals surface area (Å²) in [6.07, 6.45) is -4.71. The molecular formula is C80H52F3N7. The molecule has 0 N–H and O–H groups in total. The number of hydrogen-bond donors (Lipinski definition) is 0. The van der Waals surface area contributed by atoms with Crippen LogP contribution in [-0.4, -0.2) is 18.3 Å². The highest BCUT2D eigenvalue weighted by molar-refractivity contribution is 6.14. The Morgan fingerprint density at radius 2 is 0.622 bits per heavy atom. The van der Waals surface area contributed by atoms with Crippen LogP contribution >= 0.6 is 0 Å². The van der Waals surface area contributed by atoms with E-state index in [0.29, 0.717) is 44.5 Å². The molecule has 0 saturated heterocycles. The van der Waals surface area contributed by atoms with Crippen molar-refractivity contribution >= 4 is 87.2 Å². The summed E-state index contributed by atoms with van der Waals surface area (Å²) < 4.78 is 55.1. The second-order valence-corrected chi connectivity index (χ2v) is 23.3. The SMILES string of the molecule is Cc1ccc2c3ccccc3n(-c3cc(-c4cccc(C#N)c4)cc(C#N)c3-n3c4ccccc4c4ccc(C)cc43)c2c1.Cc1ccc2c3ccccc3n(-c3cc(-c4cccc(C#N)c4)cc(C(F)(F)F)c3-n3c4ccccc4c4ccc(C)cc43)c2c1. The van der Waals surface area contributed by atoms with Crippen molar-refractivity contribution in [1.29, 1.82) is 15.8 Å². The Morgan fingerprint density at radius 1 is 0.289 bits per heavy atom. The van der Waals surface area contributed by atoms with Gasteiger partial charge in [-0.2, -0.15) is 29.0 Å². The predicted molar refractivity (Wildman–Crippen MR) is 359 cm³/mol. The van der Waals surface area contributed by atoms with Gasteiger partial charge in [0.2, 0.25) is 0 Å². The molecule has 0 spiro atoms. The molecule has 0 aliphatic heterocycles. The maximum Gasteiger partial charge on any atom is 0.418 e. The van der Waals surface area contributed by atoms with Crippen LogP contribution in [0.5, 0.6) is 0 Å². The molecule has 0 radical (unpaired) electrons.